The first kappa shape index (κ1) is 10.0. The lowest BCUT2D eigenvalue weighted by atomic mass is 10.1. The van der Waals surface area contributed by atoms with E-state index in [9.17, 15) is 4.79 Å². The van der Waals surface area contributed by atoms with E-state index in [4.69, 9.17) is 10.8 Å². The van der Waals surface area contributed by atoms with Crippen molar-refractivity contribution >= 4 is 5.97 Å². The number of carbonyl (C=O) groups is 1. The summed E-state index contributed by atoms with van der Waals surface area (Å²) in [5.74, 6) is -0.443. The fraction of sp³-hybridized carbons (Fsp3) is 0.625. The lowest BCUT2D eigenvalue weighted by Gasteiger charge is -1.99. The van der Waals surface area contributed by atoms with Crippen LogP contribution in [0.4, 0.5) is 0 Å². The van der Waals surface area contributed by atoms with Crippen LogP contribution in [0.15, 0.2) is 11.8 Å². The van der Waals surface area contributed by atoms with E-state index in [0.717, 1.165) is 12.8 Å². The molecule has 0 spiro atoms. The van der Waals surface area contributed by atoms with Crippen LogP contribution in [0.25, 0.3) is 0 Å². The Morgan fingerprint density at radius 3 is 2.55 bits per heavy atom. The Labute approximate surface area is 66.9 Å². The average Bonchev–Trinajstić information content (AvgIpc) is 1.86. The average molecular weight is 157 g/mol. The fourth-order valence-electron chi connectivity index (χ4n) is 0.659. The molecule has 0 saturated heterocycles. The highest BCUT2D eigenvalue weighted by Gasteiger charge is 1.99. The summed E-state index contributed by atoms with van der Waals surface area (Å²) in [6, 6.07) is 0. The minimum atomic E-state index is -1.03. The Hall–Kier alpha value is -0.990. The van der Waals surface area contributed by atoms with E-state index in [0.29, 0.717) is 5.92 Å². The Bertz CT molecular complexity index is 161. The molecule has 64 valence electrons. The van der Waals surface area contributed by atoms with Gasteiger partial charge in [-0.05, 0) is 18.8 Å². The van der Waals surface area contributed by atoms with Crippen molar-refractivity contribution in [2.75, 3.05) is 0 Å². The first-order valence-electron chi connectivity index (χ1n) is 3.73. The first-order valence-corrected chi connectivity index (χ1v) is 3.73. The van der Waals surface area contributed by atoms with Gasteiger partial charge >= 0.3 is 5.97 Å². The maximum absolute atomic E-state index is 10.2. The van der Waals surface area contributed by atoms with Gasteiger partial charge in [0.05, 0.1) is 0 Å². The van der Waals surface area contributed by atoms with Crippen molar-refractivity contribution in [2.24, 2.45) is 11.7 Å². The zero-order valence-electron chi connectivity index (χ0n) is 7.00. The maximum Gasteiger partial charge on any atom is 0.351 e. The summed E-state index contributed by atoms with van der Waals surface area (Å²) in [5, 5.41) is 8.35. The number of aliphatic carboxylic acids is 1. The van der Waals surface area contributed by atoms with E-state index in [-0.39, 0.29) is 5.70 Å². The summed E-state index contributed by atoms with van der Waals surface area (Å²) in [6.07, 6.45) is 3.28. The third-order valence-corrected chi connectivity index (χ3v) is 1.36. The SMILES string of the molecule is CC(C)CCC=C(N)C(=O)O. The van der Waals surface area contributed by atoms with E-state index in [1.807, 2.05) is 0 Å². The Morgan fingerprint density at radius 2 is 2.18 bits per heavy atom. The van der Waals surface area contributed by atoms with Gasteiger partial charge in [-0.2, -0.15) is 0 Å². The number of carboxylic acids is 1. The van der Waals surface area contributed by atoms with Crippen molar-refractivity contribution in [3.63, 3.8) is 0 Å². The van der Waals surface area contributed by atoms with Crippen LogP contribution in [0.5, 0.6) is 0 Å². The van der Waals surface area contributed by atoms with Crippen molar-refractivity contribution in [2.45, 2.75) is 26.7 Å². The number of nitrogens with two attached hydrogens (primary N) is 1. The Kier molecular flexibility index (Phi) is 4.34. The topological polar surface area (TPSA) is 63.3 Å². The van der Waals surface area contributed by atoms with Crippen LogP contribution in [0.3, 0.4) is 0 Å². The molecule has 0 aromatic rings. The number of hydrogen-bond acceptors (Lipinski definition) is 2. The predicted octanol–water partition coefficient (Wildman–Crippen LogP) is 1.35. The van der Waals surface area contributed by atoms with Crippen molar-refractivity contribution in [3.8, 4) is 0 Å². The van der Waals surface area contributed by atoms with Crippen molar-refractivity contribution in [1.82, 2.24) is 0 Å². The number of rotatable bonds is 4. The highest BCUT2D eigenvalue weighted by Crippen LogP contribution is 2.04. The molecule has 0 aromatic carbocycles. The molecule has 3 N–H and O–H groups in total. The van der Waals surface area contributed by atoms with Gasteiger partial charge < -0.3 is 10.8 Å². The number of hydrogen-bond donors (Lipinski definition) is 2. The van der Waals surface area contributed by atoms with Crippen LogP contribution in [-0.2, 0) is 4.79 Å². The van der Waals surface area contributed by atoms with Gasteiger partial charge in [0.25, 0.3) is 0 Å². The molecule has 0 fully saturated rings. The van der Waals surface area contributed by atoms with Crippen molar-refractivity contribution in [1.29, 1.82) is 0 Å². The van der Waals surface area contributed by atoms with E-state index in [1.165, 1.54) is 0 Å². The van der Waals surface area contributed by atoms with E-state index in [2.05, 4.69) is 13.8 Å². The lowest BCUT2D eigenvalue weighted by molar-refractivity contribution is -0.132. The van der Waals surface area contributed by atoms with E-state index < -0.39 is 5.97 Å². The molecule has 0 heterocycles. The molecule has 3 heteroatoms. The minimum absolute atomic E-state index is 0.0503. The van der Waals surface area contributed by atoms with Gasteiger partial charge in [-0.25, -0.2) is 4.79 Å². The van der Waals surface area contributed by atoms with Crippen LogP contribution in [0.2, 0.25) is 0 Å². The molecule has 0 unspecified atom stereocenters. The minimum Gasteiger partial charge on any atom is -0.477 e. The van der Waals surface area contributed by atoms with Crippen LogP contribution >= 0.6 is 0 Å². The van der Waals surface area contributed by atoms with Crippen LogP contribution in [0, 0.1) is 5.92 Å². The second-order valence-electron chi connectivity index (χ2n) is 2.94. The smallest absolute Gasteiger partial charge is 0.351 e. The van der Waals surface area contributed by atoms with Gasteiger partial charge in [-0.1, -0.05) is 19.9 Å². The Morgan fingerprint density at radius 1 is 1.64 bits per heavy atom. The predicted molar refractivity (Wildman–Crippen MR) is 44.0 cm³/mol. The lowest BCUT2D eigenvalue weighted by Crippen LogP contribution is -2.09. The molecule has 0 aliphatic rings. The molecule has 0 saturated carbocycles. The Balaban J connectivity index is 3.65. The van der Waals surface area contributed by atoms with Gasteiger partial charge in [0.2, 0.25) is 0 Å². The quantitative estimate of drug-likeness (QED) is 0.605. The zero-order chi connectivity index (χ0) is 8.85. The number of carboxylic acid groups (broad SMARTS) is 1. The van der Waals surface area contributed by atoms with E-state index >= 15 is 0 Å². The molecule has 0 aliphatic carbocycles. The van der Waals surface area contributed by atoms with Gasteiger partial charge in [-0.3, -0.25) is 0 Å². The normalized spacial score (nSPS) is 12.1. The molecule has 3 nitrogen and oxygen atoms in total. The third kappa shape index (κ3) is 5.45. The number of allylic oxidation sites excluding steroid dienone is 1. The van der Waals surface area contributed by atoms with Gasteiger partial charge in [0.15, 0.2) is 0 Å². The van der Waals surface area contributed by atoms with Gasteiger partial charge in [0.1, 0.15) is 5.70 Å². The molecule has 0 aromatic heterocycles. The summed E-state index contributed by atoms with van der Waals surface area (Å²) in [4.78, 5) is 10.2. The maximum atomic E-state index is 10.2. The first-order chi connectivity index (χ1) is 5.04. The van der Waals surface area contributed by atoms with Crippen LogP contribution in [-0.4, -0.2) is 11.1 Å². The summed E-state index contributed by atoms with van der Waals surface area (Å²) in [6.45, 7) is 4.18. The second kappa shape index (κ2) is 4.77. The summed E-state index contributed by atoms with van der Waals surface area (Å²) < 4.78 is 0. The van der Waals surface area contributed by atoms with E-state index in [1.54, 1.807) is 6.08 Å². The molecule has 0 amide bonds. The van der Waals surface area contributed by atoms with Crippen LogP contribution < -0.4 is 5.73 Å². The molecular weight excluding hydrogens is 142 g/mol. The second-order valence-corrected chi connectivity index (χ2v) is 2.94. The summed E-state index contributed by atoms with van der Waals surface area (Å²) in [7, 11) is 0. The van der Waals surface area contributed by atoms with Crippen molar-refractivity contribution in [3.05, 3.63) is 11.8 Å². The monoisotopic (exact) mass is 157 g/mol. The highest BCUT2D eigenvalue weighted by molar-refractivity contribution is 5.85. The molecule has 11 heavy (non-hydrogen) atoms. The summed E-state index contributed by atoms with van der Waals surface area (Å²) >= 11 is 0. The molecule has 0 radical (unpaired) electrons. The van der Waals surface area contributed by atoms with Crippen molar-refractivity contribution < 1.29 is 9.90 Å². The van der Waals surface area contributed by atoms with Gasteiger partial charge in [-0.15, -0.1) is 0 Å². The largest absolute Gasteiger partial charge is 0.477 e. The van der Waals surface area contributed by atoms with Gasteiger partial charge in [0, 0.05) is 0 Å². The zero-order valence-corrected chi connectivity index (χ0v) is 7.00. The standard InChI is InChI=1S/C8H15NO2/c1-6(2)4-3-5-7(9)8(10)11/h5-6H,3-4,9H2,1-2H3,(H,10,11). The molecule has 0 bridgehead atoms. The highest BCUT2D eigenvalue weighted by atomic mass is 16.4. The molecular formula is C8H15NO2. The molecule has 0 rings (SSSR count). The third-order valence-electron chi connectivity index (χ3n) is 1.36. The molecule has 0 atom stereocenters. The van der Waals surface area contributed by atoms with Crippen LogP contribution in [0.1, 0.15) is 26.7 Å². The molecule has 0 aliphatic heterocycles. The summed E-state index contributed by atoms with van der Waals surface area (Å²) in [5.41, 5.74) is 5.11. The fourth-order valence-corrected chi connectivity index (χ4v) is 0.659.